The topological polar surface area (TPSA) is 21.3 Å². The fraction of sp³-hybridized carbons (Fsp3) is 0.571. The van der Waals surface area contributed by atoms with Crippen molar-refractivity contribution < 1.29 is 4.74 Å². The molecule has 0 radical (unpaired) electrons. The van der Waals surface area contributed by atoms with Crippen LogP contribution in [0.3, 0.4) is 0 Å². The van der Waals surface area contributed by atoms with Crippen molar-refractivity contribution in [1.82, 2.24) is 5.32 Å². The minimum absolute atomic E-state index is 0.484. The molecule has 2 nitrogen and oxygen atoms in total. The van der Waals surface area contributed by atoms with Crippen molar-refractivity contribution in [2.75, 3.05) is 13.0 Å². The normalized spacial score (nSPS) is 12.5. The van der Waals surface area contributed by atoms with Gasteiger partial charge in [-0.1, -0.05) is 24.6 Å². The number of aryl methyl sites for hydroxylation is 1. The summed E-state index contributed by atoms with van der Waals surface area (Å²) in [5, 5.41) is 3.52. The maximum absolute atomic E-state index is 5.78. The molecule has 0 fully saturated rings. The Kier molecular flexibility index (Phi) is 6.38. The Balaban J connectivity index is 2.63. The highest BCUT2D eigenvalue weighted by Crippen LogP contribution is 2.19. The molecule has 0 saturated heterocycles. The molecule has 96 valence electrons. The highest BCUT2D eigenvalue weighted by atomic mass is 35.5. The second kappa shape index (κ2) is 7.57. The second-order valence-electron chi connectivity index (χ2n) is 4.28. The molecule has 0 aromatic heterocycles. The first-order valence-electron chi connectivity index (χ1n) is 6.14. The third kappa shape index (κ3) is 4.57. The highest BCUT2D eigenvalue weighted by molar-refractivity contribution is 6.17. The van der Waals surface area contributed by atoms with E-state index in [0.29, 0.717) is 11.9 Å². The van der Waals surface area contributed by atoms with Gasteiger partial charge in [0.1, 0.15) is 5.75 Å². The fourth-order valence-electron chi connectivity index (χ4n) is 1.88. The molecule has 1 atom stereocenters. The minimum Gasteiger partial charge on any atom is -0.496 e. The fourth-order valence-corrected chi connectivity index (χ4v) is 2.15. The maximum atomic E-state index is 5.78. The predicted octanol–water partition coefficient (Wildman–Crippen LogP) is 3.50. The lowest BCUT2D eigenvalue weighted by Gasteiger charge is -2.17. The summed E-state index contributed by atoms with van der Waals surface area (Å²) in [5.41, 5.74) is 2.47. The van der Waals surface area contributed by atoms with Gasteiger partial charge in [-0.3, -0.25) is 0 Å². The molecule has 1 N–H and O–H groups in total. The first-order valence-corrected chi connectivity index (χ1v) is 6.67. The first-order chi connectivity index (χ1) is 8.21. The van der Waals surface area contributed by atoms with Crippen LogP contribution in [0.25, 0.3) is 0 Å². The van der Waals surface area contributed by atoms with Crippen molar-refractivity contribution in [2.24, 2.45) is 0 Å². The number of methoxy groups -OCH3 is 1. The van der Waals surface area contributed by atoms with Crippen molar-refractivity contribution >= 4 is 11.6 Å². The lowest BCUT2D eigenvalue weighted by molar-refractivity contribution is 0.403. The Morgan fingerprint density at radius 3 is 2.76 bits per heavy atom. The lowest BCUT2D eigenvalue weighted by Crippen LogP contribution is -2.28. The Bertz CT molecular complexity index is 341. The molecule has 0 aliphatic rings. The molecule has 0 aliphatic heterocycles. The van der Waals surface area contributed by atoms with Crippen molar-refractivity contribution in [3.8, 4) is 5.75 Å². The van der Waals surface area contributed by atoms with Crippen LogP contribution in [0.5, 0.6) is 5.75 Å². The van der Waals surface area contributed by atoms with E-state index in [-0.39, 0.29) is 0 Å². The summed E-state index contributed by atoms with van der Waals surface area (Å²) >= 11 is 5.78. The van der Waals surface area contributed by atoms with E-state index in [4.69, 9.17) is 16.3 Å². The zero-order valence-electron chi connectivity index (χ0n) is 10.9. The summed E-state index contributed by atoms with van der Waals surface area (Å²) in [6.45, 7) is 5.11. The summed E-state index contributed by atoms with van der Waals surface area (Å²) < 4.78 is 5.36. The van der Waals surface area contributed by atoms with Crippen LogP contribution in [0.1, 0.15) is 30.9 Å². The van der Waals surface area contributed by atoms with E-state index in [1.54, 1.807) is 7.11 Å². The zero-order valence-corrected chi connectivity index (χ0v) is 11.7. The number of halogens is 1. The Morgan fingerprint density at radius 1 is 1.41 bits per heavy atom. The van der Waals surface area contributed by atoms with Gasteiger partial charge in [0.15, 0.2) is 0 Å². The van der Waals surface area contributed by atoms with Gasteiger partial charge in [-0.15, -0.1) is 11.6 Å². The zero-order chi connectivity index (χ0) is 12.7. The molecule has 0 amide bonds. The second-order valence-corrected chi connectivity index (χ2v) is 4.66. The van der Waals surface area contributed by atoms with E-state index in [2.05, 4.69) is 31.3 Å². The summed E-state index contributed by atoms with van der Waals surface area (Å²) in [7, 11) is 1.71. The van der Waals surface area contributed by atoms with Crippen LogP contribution in [0.15, 0.2) is 18.2 Å². The van der Waals surface area contributed by atoms with Crippen molar-refractivity contribution in [2.45, 2.75) is 39.3 Å². The molecule has 0 saturated carbocycles. The largest absolute Gasteiger partial charge is 0.496 e. The smallest absolute Gasteiger partial charge is 0.123 e. The van der Waals surface area contributed by atoms with Crippen LogP contribution in [-0.4, -0.2) is 19.0 Å². The molecule has 1 aromatic rings. The van der Waals surface area contributed by atoms with Gasteiger partial charge in [0.05, 0.1) is 7.11 Å². The van der Waals surface area contributed by atoms with E-state index in [0.717, 1.165) is 25.1 Å². The number of hydrogen-bond donors (Lipinski definition) is 1. The summed E-state index contributed by atoms with van der Waals surface area (Å²) in [5.74, 6) is 1.65. The molecule has 0 bridgehead atoms. The third-order valence-corrected chi connectivity index (χ3v) is 3.19. The van der Waals surface area contributed by atoms with Crippen LogP contribution in [-0.2, 0) is 6.54 Å². The van der Waals surface area contributed by atoms with Crippen LogP contribution in [0.2, 0.25) is 0 Å². The van der Waals surface area contributed by atoms with Gasteiger partial charge >= 0.3 is 0 Å². The van der Waals surface area contributed by atoms with Gasteiger partial charge in [0, 0.05) is 24.0 Å². The molecule has 0 heterocycles. The van der Waals surface area contributed by atoms with Crippen molar-refractivity contribution in [3.05, 3.63) is 29.3 Å². The van der Waals surface area contributed by atoms with E-state index in [9.17, 15) is 0 Å². The van der Waals surface area contributed by atoms with Crippen LogP contribution >= 0.6 is 11.6 Å². The lowest BCUT2D eigenvalue weighted by atomic mass is 10.1. The number of hydrogen-bond acceptors (Lipinski definition) is 2. The Hall–Kier alpha value is -0.730. The SMILES string of the molecule is CCC(CCCl)NCc1cc(C)ccc1OC. The molecule has 0 spiro atoms. The molecule has 1 aromatic carbocycles. The van der Waals surface area contributed by atoms with Crippen LogP contribution < -0.4 is 10.1 Å². The molecule has 1 unspecified atom stereocenters. The van der Waals surface area contributed by atoms with Crippen molar-refractivity contribution in [3.63, 3.8) is 0 Å². The van der Waals surface area contributed by atoms with Gasteiger partial charge in [-0.2, -0.15) is 0 Å². The monoisotopic (exact) mass is 255 g/mol. The highest BCUT2D eigenvalue weighted by Gasteiger charge is 2.07. The van der Waals surface area contributed by atoms with E-state index >= 15 is 0 Å². The number of rotatable bonds is 7. The molecule has 17 heavy (non-hydrogen) atoms. The maximum Gasteiger partial charge on any atom is 0.123 e. The van der Waals surface area contributed by atoms with E-state index < -0.39 is 0 Å². The molecule has 0 aliphatic carbocycles. The average Bonchev–Trinajstić information content (AvgIpc) is 2.34. The molecular weight excluding hydrogens is 234 g/mol. The molecule has 1 rings (SSSR count). The minimum atomic E-state index is 0.484. The summed E-state index contributed by atoms with van der Waals surface area (Å²) in [4.78, 5) is 0. The quantitative estimate of drug-likeness (QED) is 0.753. The van der Waals surface area contributed by atoms with Crippen LogP contribution in [0.4, 0.5) is 0 Å². The van der Waals surface area contributed by atoms with Crippen molar-refractivity contribution in [1.29, 1.82) is 0 Å². The van der Waals surface area contributed by atoms with Gasteiger partial charge in [-0.25, -0.2) is 0 Å². The Labute approximate surface area is 109 Å². The van der Waals surface area contributed by atoms with E-state index in [1.165, 1.54) is 11.1 Å². The summed E-state index contributed by atoms with van der Waals surface area (Å²) in [6.07, 6.45) is 2.10. The summed E-state index contributed by atoms with van der Waals surface area (Å²) in [6, 6.07) is 6.74. The van der Waals surface area contributed by atoms with Crippen LogP contribution in [0, 0.1) is 6.92 Å². The average molecular weight is 256 g/mol. The number of ether oxygens (including phenoxy) is 1. The Morgan fingerprint density at radius 2 is 2.18 bits per heavy atom. The van der Waals surface area contributed by atoms with Gasteiger partial charge in [0.25, 0.3) is 0 Å². The third-order valence-electron chi connectivity index (χ3n) is 2.97. The first kappa shape index (κ1) is 14.3. The van der Waals surface area contributed by atoms with Gasteiger partial charge < -0.3 is 10.1 Å². The molecule has 3 heteroatoms. The molecular formula is C14H22ClNO. The van der Waals surface area contributed by atoms with Gasteiger partial charge in [0.2, 0.25) is 0 Å². The standard InChI is InChI=1S/C14H22ClNO/c1-4-13(7-8-15)16-10-12-9-11(2)5-6-14(12)17-3/h5-6,9,13,16H,4,7-8,10H2,1-3H3. The number of alkyl halides is 1. The predicted molar refractivity (Wildman–Crippen MR) is 74.0 cm³/mol. The number of benzene rings is 1. The van der Waals surface area contributed by atoms with Gasteiger partial charge in [-0.05, 0) is 25.8 Å². The number of nitrogens with one attached hydrogen (secondary N) is 1. The van der Waals surface area contributed by atoms with E-state index in [1.807, 2.05) is 6.07 Å².